The monoisotopic (exact) mass is 1210 g/mol. The van der Waals surface area contributed by atoms with E-state index in [1.165, 1.54) is 23.5 Å². The van der Waals surface area contributed by atoms with Gasteiger partial charge in [0.2, 0.25) is 0 Å². The zero-order valence-electron chi connectivity index (χ0n) is 50.0. The van der Waals surface area contributed by atoms with Gasteiger partial charge in [0.1, 0.15) is 22.1 Å². The molecule has 14 heteroatoms. The zero-order valence-corrected chi connectivity index (χ0v) is 51.6. The van der Waals surface area contributed by atoms with Crippen LogP contribution in [0.25, 0.3) is 155 Å². The summed E-state index contributed by atoms with van der Waals surface area (Å²) < 4.78 is 31.6. The molecule has 0 bridgehead atoms. The molecule has 16 aromatic rings. The first kappa shape index (κ1) is 55.7. The van der Waals surface area contributed by atoms with E-state index in [2.05, 4.69) is 198 Å². The Morgan fingerprint density at radius 3 is 1.02 bits per heavy atom. The number of rotatable bonds is 9. The first-order chi connectivity index (χ1) is 44.6. The first-order valence-electron chi connectivity index (χ1n) is 30.2. The van der Waals surface area contributed by atoms with E-state index in [0.717, 1.165) is 143 Å². The van der Waals surface area contributed by atoms with E-state index in [0.29, 0.717) is 17.5 Å². The molecule has 91 heavy (non-hydrogen) atoms. The maximum atomic E-state index is 6.28. The third-order valence-electron chi connectivity index (χ3n) is 17.6. The minimum Gasteiger partial charge on any atom is -0.399 e. The fourth-order valence-electron chi connectivity index (χ4n) is 12.2. The maximum Gasteiger partial charge on any atom is 0.494 e. The molecule has 0 N–H and O–H groups in total. The summed E-state index contributed by atoms with van der Waals surface area (Å²) in [5.74, 6) is 1.92. The van der Waals surface area contributed by atoms with Crippen molar-refractivity contribution < 1.29 is 9.31 Å². The Hall–Kier alpha value is -10.6. The Kier molecular flexibility index (Phi) is 13.9. The summed E-state index contributed by atoms with van der Waals surface area (Å²) in [4.78, 5) is 25.0. The lowest BCUT2D eigenvalue weighted by atomic mass is 9.78. The van der Waals surface area contributed by atoms with Crippen LogP contribution in [0.15, 0.2) is 255 Å². The molecular weight excluding hydrogens is 1160 g/mol. The fourth-order valence-corrected chi connectivity index (χ4v) is 13.3. The molecule has 11 nitrogen and oxygen atoms in total. The van der Waals surface area contributed by atoms with Gasteiger partial charge in [-0.2, -0.15) is 17.5 Å². The minimum absolute atomic E-state index is 0.382. The van der Waals surface area contributed by atoms with Gasteiger partial charge in [0, 0.05) is 71.3 Å². The van der Waals surface area contributed by atoms with Crippen molar-refractivity contribution >= 4 is 101 Å². The number of para-hydroxylation sites is 2. The summed E-state index contributed by atoms with van der Waals surface area (Å²) in [5, 5.41) is 6.44. The molecule has 1 aliphatic heterocycles. The lowest BCUT2D eigenvalue weighted by Crippen LogP contribution is -2.41. The fraction of sp³-hybridized carbons (Fsp3) is 0.0779. The first-order valence-corrected chi connectivity index (χ1v) is 31.7. The van der Waals surface area contributed by atoms with Crippen LogP contribution in [0.1, 0.15) is 27.7 Å². The number of hydrogen-bond acceptors (Lipinski definition) is 13. The highest BCUT2D eigenvalue weighted by Crippen LogP contribution is 2.44. The molecule has 0 amide bonds. The van der Waals surface area contributed by atoms with Crippen LogP contribution in [0.5, 0.6) is 0 Å². The van der Waals surface area contributed by atoms with Gasteiger partial charge < -0.3 is 9.31 Å². The average Bonchev–Trinajstić information content (AvgIpc) is 1.72. The van der Waals surface area contributed by atoms with E-state index in [1.807, 2.05) is 84.9 Å². The Morgan fingerprint density at radius 2 is 0.615 bits per heavy atom. The molecule has 1 fully saturated rings. The maximum absolute atomic E-state index is 6.28. The molecule has 0 aliphatic carbocycles. The third-order valence-corrected chi connectivity index (χ3v) is 18.7. The topological polar surface area (TPSA) is 134 Å². The van der Waals surface area contributed by atoms with Gasteiger partial charge in [-0.1, -0.05) is 231 Å². The van der Waals surface area contributed by atoms with Gasteiger partial charge in [-0.15, -0.1) is 0 Å². The van der Waals surface area contributed by atoms with Crippen molar-refractivity contribution in [3.8, 4) is 90.1 Å². The Bertz CT molecular complexity index is 5330. The molecular formula is C77H54BN9O2S2. The van der Waals surface area contributed by atoms with Crippen molar-refractivity contribution in [1.29, 1.82) is 0 Å². The van der Waals surface area contributed by atoms with Crippen molar-refractivity contribution in [1.82, 2.24) is 42.4 Å². The number of aromatic nitrogens is 9. The van der Waals surface area contributed by atoms with Crippen LogP contribution >= 0.6 is 23.5 Å². The van der Waals surface area contributed by atoms with Gasteiger partial charge in [-0.05, 0) is 79.7 Å². The summed E-state index contributed by atoms with van der Waals surface area (Å²) in [5.41, 5.74) is 19.0. The molecule has 0 unspecified atom stereocenters. The van der Waals surface area contributed by atoms with Crippen LogP contribution in [0, 0.1) is 0 Å². The van der Waals surface area contributed by atoms with Crippen LogP contribution < -0.4 is 5.46 Å². The number of benzene rings is 11. The smallest absolute Gasteiger partial charge is 0.399 e. The lowest BCUT2D eigenvalue weighted by molar-refractivity contribution is 0.00578. The summed E-state index contributed by atoms with van der Waals surface area (Å²) in [6.45, 7) is 8.30. The molecule has 434 valence electrons. The highest BCUT2D eigenvalue weighted by molar-refractivity contribution is 7.00. The van der Waals surface area contributed by atoms with E-state index >= 15 is 0 Å². The van der Waals surface area contributed by atoms with E-state index < -0.39 is 7.12 Å². The van der Waals surface area contributed by atoms with E-state index in [9.17, 15) is 0 Å². The third kappa shape index (κ3) is 10.2. The van der Waals surface area contributed by atoms with Crippen LogP contribution in [0.4, 0.5) is 0 Å². The molecule has 0 spiro atoms. The summed E-state index contributed by atoms with van der Waals surface area (Å²) in [6, 6.07) is 87.4. The second-order valence-electron chi connectivity index (χ2n) is 23.7. The number of hydrogen-bond donors (Lipinski definition) is 0. The van der Waals surface area contributed by atoms with E-state index in [4.69, 9.17) is 51.7 Å². The van der Waals surface area contributed by atoms with Gasteiger partial charge in [0.15, 0.2) is 17.5 Å². The van der Waals surface area contributed by atoms with Gasteiger partial charge in [-0.3, -0.25) is 0 Å². The SMILES string of the molecule is CC1(C)OB(c2ccc(-c3nc4ccccc4c4c3cc(-c3ccccc3)c3nsnc34)cc2)OC1(C)C.c1ccc(-c2nc(-c3ccccc3)nc(-c3ccc(-c4ccc(-c5nc6ccccc6c6c5cc(-c5ccccc5)c5nsnc56)cc4)cc3)n2)cc1. The van der Waals surface area contributed by atoms with Gasteiger partial charge in [0.25, 0.3) is 0 Å². The zero-order chi connectivity index (χ0) is 61.2. The Balaban J connectivity index is 0.000000153. The number of fused-ring (bicyclic) bond motifs is 10. The van der Waals surface area contributed by atoms with Crippen molar-refractivity contribution in [3.05, 3.63) is 255 Å². The molecule has 0 atom stereocenters. The normalized spacial score (nSPS) is 13.6. The predicted octanol–water partition coefficient (Wildman–Crippen LogP) is 18.6. The molecule has 1 aliphatic rings. The van der Waals surface area contributed by atoms with Crippen LogP contribution in [-0.2, 0) is 9.31 Å². The lowest BCUT2D eigenvalue weighted by Gasteiger charge is -2.32. The molecule has 1 saturated heterocycles. The average molecular weight is 1210 g/mol. The van der Waals surface area contributed by atoms with Gasteiger partial charge >= 0.3 is 7.12 Å². The van der Waals surface area contributed by atoms with Crippen LogP contribution in [0.3, 0.4) is 0 Å². The standard InChI is InChI=1S/C46H28N6S.C31H26BN3O2S/c1-4-12-31(13-5-1)37-28-38-40(43-42(37)51-53-52-43)36-18-10-11-19-39(36)47-41(38)32-24-20-29(21-25-32)30-22-26-35(27-23-30)46-49-44(33-14-6-2-7-15-33)48-45(50-46)34-16-8-3-9-17-34;1-30(2)31(3,4)37-32(36-30)21-16-14-20(15-17-21)27-24-18-23(19-10-6-5-7-11-19)28-29(35-38-34-28)26(24)22-12-8-9-13-25(22)33-27/h1-28H;5-18H,1-4H3. The molecule has 6 heterocycles. The highest BCUT2D eigenvalue weighted by atomic mass is 32.1. The molecule has 0 radical (unpaired) electrons. The second kappa shape index (κ2) is 22.8. The molecule has 5 aromatic heterocycles. The summed E-state index contributed by atoms with van der Waals surface area (Å²) >= 11 is 2.51. The minimum atomic E-state index is -0.402. The van der Waals surface area contributed by atoms with Crippen molar-refractivity contribution in [2.24, 2.45) is 0 Å². The van der Waals surface area contributed by atoms with Gasteiger partial charge in [0.05, 0.1) is 57.1 Å². The van der Waals surface area contributed by atoms with E-state index in [-0.39, 0.29) is 11.2 Å². The largest absolute Gasteiger partial charge is 0.494 e. The molecule has 0 saturated carbocycles. The molecule has 11 aromatic carbocycles. The Morgan fingerprint density at radius 1 is 0.297 bits per heavy atom. The summed E-state index contributed by atoms with van der Waals surface area (Å²) in [7, 11) is -0.402. The Labute approximate surface area is 533 Å². The van der Waals surface area contributed by atoms with E-state index in [1.54, 1.807) is 0 Å². The predicted molar refractivity (Wildman–Crippen MR) is 373 cm³/mol. The van der Waals surface area contributed by atoms with Gasteiger partial charge in [-0.25, -0.2) is 24.9 Å². The second-order valence-corrected chi connectivity index (χ2v) is 24.8. The number of nitrogens with zero attached hydrogens (tertiary/aromatic N) is 9. The van der Waals surface area contributed by atoms with Crippen LogP contribution in [-0.4, -0.2) is 60.7 Å². The quantitative estimate of drug-likeness (QED) is 0.101. The van der Waals surface area contributed by atoms with Crippen LogP contribution in [0.2, 0.25) is 0 Å². The summed E-state index contributed by atoms with van der Waals surface area (Å²) in [6.07, 6.45) is 0. The molecule has 17 rings (SSSR count). The van der Waals surface area contributed by atoms with Crippen molar-refractivity contribution in [2.75, 3.05) is 0 Å². The van der Waals surface area contributed by atoms with Crippen molar-refractivity contribution in [3.63, 3.8) is 0 Å². The number of pyridine rings is 2. The highest BCUT2D eigenvalue weighted by Gasteiger charge is 2.51. The van der Waals surface area contributed by atoms with Crippen molar-refractivity contribution in [2.45, 2.75) is 38.9 Å².